The number of benzene rings is 1. The number of methoxy groups -OCH3 is 1. The summed E-state index contributed by atoms with van der Waals surface area (Å²) < 4.78 is 11.7. The van der Waals surface area contributed by atoms with Crippen molar-refractivity contribution >= 4 is 11.9 Å². The van der Waals surface area contributed by atoms with Gasteiger partial charge >= 0.3 is 0 Å². The lowest BCUT2D eigenvalue weighted by atomic mass is 10.2. The number of carbonyl (C=O) groups excluding carboxylic acids is 1. The molecule has 28 heavy (non-hydrogen) atoms. The Labute approximate surface area is 160 Å². The number of pyridine rings is 1. The van der Waals surface area contributed by atoms with Crippen molar-refractivity contribution in [2.24, 2.45) is 0 Å². The highest BCUT2D eigenvalue weighted by atomic mass is 16.5. The fourth-order valence-corrected chi connectivity index (χ4v) is 2.60. The number of furan rings is 1. The topological polar surface area (TPSA) is 95.1 Å². The quantitative estimate of drug-likeness (QED) is 0.553. The van der Waals surface area contributed by atoms with Crippen LogP contribution in [0.4, 0.5) is 5.95 Å². The Morgan fingerprint density at radius 3 is 2.68 bits per heavy atom. The van der Waals surface area contributed by atoms with Crippen LogP contribution in [-0.2, 0) is 6.54 Å². The first kappa shape index (κ1) is 17.5. The second kappa shape index (κ2) is 7.75. The number of nitrogens with zero attached hydrogens (tertiary/aromatic N) is 4. The van der Waals surface area contributed by atoms with Crippen molar-refractivity contribution < 1.29 is 13.9 Å². The van der Waals surface area contributed by atoms with Gasteiger partial charge in [-0.1, -0.05) is 18.2 Å². The van der Waals surface area contributed by atoms with Crippen molar-refractivity contribution in [3.05, 3.63) is 78.3 Å². The van der Waals surface area contributed by atoms with Crippen molar-refractivity contribution in [1.29, 1.82) is 0 Å². The Morgan fingerprint density at radius 2 is 2.00 bits per heavy atom. The van der Waals surface area contributed by atoms with E-state index in [-0.39, 0.29) is 11.6 Å². The molecule has 3 aromatic heterocycles. The number of anilines is 1. The van der Waals surface area contributed by atoms with Crippen LogP contribution in [0.5, 0.6) is 5.75 Å². The third kappa shape index (κ3) is 3.61. The first-order valence-electron chi connectivity index (χ1n) is 8.58. The van der Waals surface area contributed by atoms with Gasteiger partial charge in [-0.2, -0.15) is 9.67 Å². The van der Waals surface area contributed by atoms with E-state index in [2.05, 4.69) is 20.4 Å². The fourth-order valence-electron chi connectivity index (χ4n) is 2.60. The number of hydrogen-bond acceptors (Lipinski definition) is 7. The smallest absolute Gasteiger partial charge is 0.299 e. The molecule has 4 rings (SSSR count). The second-order valence-corrected chi connectivity index (χ2v) is 5.87. The van der Waals surface area contributed by atoms with Crippen molar-refractivity contribution in [2.45, 2.75) is 6.54 Å². The average molecular weight is 375 g/mol. The molecule has 0 fully saturated rings. The molecule has 0 aliphatic carbocycles. The van der Waals surface area contributed by atoms with Gasteiger partial charge in [0, 0.05) is 12.7 Å². The Morgan fingerprint density at radius 1 is 1.14 bits per heavy atom. The van der Waals surface area contributed by atoms with Crippen LogP contribution >= 0.6 is 0 Å². The number of nitrogens with one attached hydrogen (secondary N) is 1. The molecule has 3 heterocycles. The lowest BCUT2D eigenvalue weighted by Crippen LogP contribution is -2.18. The van der Waals surface area contributed by atoms with E-state index in [1.165, 1.54) is 10.9 Å². The summed E-state index contributed by atoms with van der Waals surface area (Å²) >= 11 is 0. The average Bonchev–Trinajstić information content (AvgIpc) is 3.42. The Balaban J connectivity index is 1.63. The van der Waals surface area contributed by atoms with Gasteiger partial charge < -0.3 is 14.5 Å². The van der Waals surface area contributed by atoms with Gasteiger partial charge in [0.15, 0.2) is 5.76 Å². The standard InChI is InChI=1S/C20H17N5O3/c1-27-15-9-7-14(8-10-15)13-22-20-23-18(17-6-4-12-28-17)24-25(20)19(26)16-5-2-3-11-21-16/h2-12H,13H2,1H3,(H,22,23,24). The molecule has 0 aliphatic heterocycles. The van der Waals surface area contributed by atoms with Crippen LogP contribution in [0.1, 0.15) is 16.1 Å². The van der Waals surface area contributed by atoms with Crippen LogP contribution in [0.2, 0.25) is 0 Å². The van der Waals surface area contributed by atoms with Gasteiger partial charge in [-0.25, -0.2) is 0 Å². The Kier molecular flexibility index (Phi) is 4.83. The number of carbonyl (C=O) groups is 1. The van der Waals surface area contributed by atoms with Gasteiger partial charge in [-0.05, 0) is 42.0 Å². The van der Waals surface area contributed by atoms with E-state index in [0.717, 1.165) is 11.3 Å². The van der Waals surface area contributed by atoms with Gasteiger partial charge in [0.1, 0.15) is 11.4 Å². The third-order valence-electron chi connectivity index (χ3n) is 4.03. The first-order valence-corrected chi connectivity index (χ1v) is 8.58. The molecule has 0 unspecified atom stereocenters. The number of aromatic nitrogens is 4. The summed E-state index contributed by atoms with van der Waals surface area (Å²) in [4.78, 5) is 21.4. The van der Waals surface area contributed by atoms with Gasteiger partial charge in [-0.15, -0.1) is 5.10 Å². The highest BCUT2D eigenvalue weighted by Gasteiger charge is 2.20. The third-order valence-corrected chi connectivity index (χ3v) is 4.03. The van der Waals surface area contributed by atoms with Crippen LogP contribution < -0.4 is 10.1 Å². The largest absolute Gasteiger partial charge is 0.497 e. The first-order chi connectivity index (χ1) is 13.7. The number of ether oxygens (including phenoxy) is 1. The Hall–Kier alpha value is -3.94. The molecule has 4 aromatic rings. The lowest BCUT2D eigenvalue weighted by Gasteiger charge is -2.07. The van der Waals surface area contributed by atoms with Crippen molar-refractivity contribution in [3.63, 3.8) is 0 Å². The summed E-state index contributed by atoms with van der Waals surface area (Å²) in [6.07, 6.45) is 3.09. The second-order valence-electron chi connectivity index (χ2n) is 5.87. The van der Waals surface area contributed by atoms with Crippen LogP contribution in [0, 0.1) is 0 Å². The molecule has 0 amide bonds. The van der Waals surface area contributed by atoms with Gasteiger partial charge in [0.2, 0.25) is 11.8 Å². The molecule has 0 saturated carbocycles. The Bertz CT molecular complexity index is 1060. The molecule has 0 atom stereocenters. The maximum Gasteiger partial charge on any atom is 0.299 e. The van der Waals surface area contributed by atoms with Crippen molar-refractivity contribution in [2.75, 3.05) is 12.4 Å². The summed E-state index contributed by atoms with van der Waals surface area (Å²) in [7, 11) is 1.62. The van der Waals surface area contributed by atoms with Crippen LogP contribution in [-0.4, -0.2) is 32.8 Å². The van der Waals surface area contributed by atoms with E-state index in [4.69, 9.17) is 9.15 Å². The molecule has 0 saturated heterocycles. The SMILES string of the molecule is COc1ccc(CNc2nc(-c3ccco3)nn2C(=O)c2ccccn2)cc1. The van der Waals surface area contributed by atoms with E-state index < -0.39 is 0 Å². The molecule has 1 N–H and O–H groups in total. The number of rotatable bonds is 6. The molecule has 1 aromatic carbocycles. The van der Waals surface area contributed by atoms with E-state index in [1.807, 2.05) is 24.3 Å². The summed E-state index contributed by atoms with van der Waals surface area (Å²) in [5.74, 6) is 1.48. The fraction of sp³-hybridized carbons (Fsp3) is 0.100. The zero-order chi connectivity index (χ0) is 19.3. The predicted octanol–water partition coefficient (Wildman–Crippen LogP) is 3.24. The van der Waals surface area contributed by atoms with Gasteiger partial charge in [0.05, 0.1) is 13.4 Å². The molecular weight excluding hydrogens is 358 g/mol. The van der Waals surface area contributed by atoms with Crippen LogP contribution in [0.3, 0.4) is 0 Å². The zero-order valence-corrected chi connectivity index (χ0v) is 15.1. The highest BCUT2D eigenvalue weighted by Crippen LogP contribution is 2.20. The van der Waals surface area contributed by atoms with E-state index in [0.29, 0.717) is 24.1 Å². The van der Waals surface area contributed by atoms with E-state index in [1.54, 1.807) is 43.6 Å². The molecule has 0 bridgehead atoms. The van der Waals surface area contributed by atoms with Gasteiger partial charge in [-0.3, -0.25) is 9.78 Å². The summed E-state index contributed by atoms with van der Waals surface area (Å²) in [6.45, 7) is 0.454. The maximum absolute atomic E-state index is 12.9. The monoisotopic (exact) mass is 375 g/mol. The lowest BCUT2D eigenvalue weighted by molar-refractivity contribution is 0.0942. The highest BCUT2D eigenvalue weighted by molar-refractivity contribution is 5.95. The normalized spacial score (nSPS) is 10.6. The molecular formula is C20H17N5O3. The summed E-state index contributed by atoms with van der Waals surface area (Å²) in [5.41, 5.74) is 1.27. The molecule has 0 aliphatic rings. The van der Waals surface area contributed by atoms with E-state index in [9.17, 15) is 4.79 Å². The van der Waals surface area contributed by atoms with Crippen LogP contribution in [0.15, 0.2) is 71.5 Å². The minimum atomic E-state index is -0.386. The minimum Gasteiger partial charge on any atom is -0.497 e. The molecule has 0 spiro atoms. The van der Waals surface area contributed by atoms with E-state index >= 15 is 0 Å². The van der Waals surface area contributed by atoms with Crippen molar-refractivity contribution in [1.82, 2.24) is 19.7 Å². The molecule has 0 radical (unpaired) electrons. The number of hydrogen-bond donors (Lipinski definition) is 1. The molecule has 8 heteroatoms. The molecule has 140 valence electrons. The van der Waals surface area contributed by atoms with Crippen LogP contribution in [0.25, 0.3) is 11.6 Å². The predicted molar refractivity (Wildman–Crippen MR) is 102 cm³/mol. The van der Waals surface area contributed by atoms with Crippen molar-refractivity contribution in [3.8, 4) is 17.3 Å². The zero-order valence-electron chi connectivity index (χ0n) is 15.1. The maximum atomic E-state index is 12.9. The molecule has 8 nitrogen and oxygen atoms in total. The van der Waals surface area contributed by atoms with Gasteiger partial charge in [0.25, 0.3) is 5.91 Å². The summed E-state index contributed by atoms with van der Waals surface area (Å²) in [6, 6.07) is 16.2. The summed E-state index contributed by atoms with van der Waals surface area (Å²) in [5, 5.41) is 7.47. The minimum absolute atomic E-state index is 0.269.